The molecule has 0 bridgehead atoms. The largest absolute Gasteiger partial charge is 0.493 e. The summed E-state index contributed by atoms with van der Waals surface area (Å²) >= 11 is 0. The number of fused-ring (bicyclic) bond motifs is 1. The highest BCUT2D eigenvalue weighted by molar-refractivity contribution is 5.91. The summed E-state index contributed by atoms with van der Waals surface area (Å²) in [5, 5.41) is 6.76. The Balaban J connectivity index is 1.45. The Kier molecular flexibility index (Phi) is 7.92. The van der Waals surface area contributed by atoms with Gasteiger partial charge in [-0.05, 0) is 75.2 Å². The van der Waals surface area contributed by atoms with Crippen molar-refractivity contribution in [3.8, 4) is 23.0 Å². The number of aromatic nitrogens is 1. The van der Waals surface area contributed by atoms with Crippen molar-refractivity contribution in [3.05, 3.63) is 47.7 Å². The molecule has 2 N–H and O–H groups in total. The zero-order valence-electron chi connectivity index (χ0n) is 20.9. The van der Waals surface area contributed by atoms with Crippen molar-refractivity contribution < 1.29 is 19.0 Å². The van der Waals surface area contributed by atoms with Crippen LogP contribution in [0.4, 0.5) is 10.5 Å². The number of anilines is 1. The van der Waals surface area contributed by atoms with E-state index < -0.39 is 0 Å². The number of piperidine rings is 1. The third-order valence-corrected chi connectivity index (χ3v) is 6.36. The van der Waals surface area contributed by atoms with Crippen LogP contribution in [0, 0.1) is 13.8 Å². The zero-order chi connectivity index (χ0) is 24.8. The number of rotatable bonds is 8. The van der Waals surface area contributed by atoms with Crippen molar-refractivity contribution in [2.45, 2.75) is 33.1 Å². The number of carbonyl (C=O) groups excluding carboxylic acids is 1. The second-order valence-electron chi connectivity index (χ2n) is 8.85. The number of hydrogen-bond donors (Lipinski definition) is 2. The molecule has 0 saturated carbocycles. The lowest BCUT2D eigenvalue weighted by atomic mass is 10.1. The predicted octanol–water partition coefficient (Wildman–Crippen LogP) is 5.27. The van der Waals surface area contributed by atoms with Gasteiger partial charge in [0.1, 0.15) is 11.5 Å². The van der Waals surface area contributed by atoms with Gasteiger partial charge in [-0.1, -0.05) is 6.42 Å². The quantitative estimate of drug-likeness (QED) is 0.459. The lowest BCUT2D eigenvalue weighted by Gasteiger charge is -2.26. The van der Waals surface area contributed by atoms with Crippen molar-refractivity contribution in [2.24, 2.45) is 0 Å². The Hall–Kier alpha value is -3.52. The van der Waals surface area contributed by atoms with E-state index in [4.69, 9.17) is 14.2 Å². The van der Waals surface area contributed by atoms with Gasteiger partial charge in [0.25, 0.3) is 0 Å². The van der Waals surface area contributed by atoms with Crippen molar-refractivity contribution in [1.82, 2.24) is 15.2 Å². The van der Waals surface area contributed by atoms with Crippen LogP contribution in [0.25, 0.3) is 10.9 Å². The number of aryl methyl sites for hydroxylation is 2. The van der Waals surface area contributed by atoms with Crippen LogP contribution in [0.2, 0.25) is 0 Å². The van der Waals surface area contributed by atoms with Gasteiger partial charge in [-0.25, -0.2) is 4.79 Å². The topological polar surface area (TPSA) is 85.0 Å². The molecule has 3 aromatic rings. The SMILES string of the molecule is COc1cc2nccc(Oc3cc(C)c(NC(=O)NCCN4CCCCC4)cc3C)c2cc1OC. The third-order valence-electron chi connectivity index (χ3n) is 6.36. The van der Waals surface area contributed by atoms with Gasteiger partial charge < -0.3 is 29.7 Å². The fraction of sp³-hybridized carbons (Fsp3) is 0.407. The molecule has 8 nitrogen and oxygen atoms in total. The van der Waals surface area contributed by atoms with E-state index >= 15 is 0 Å². The van der Waals surface area contributed by atoms with Crippen molar-refractivity contribution in [3.63, 3.8) is 0 Å². The Bertz CT molecular complexity index is 1190. The monoisotopic (exact) mass is 478 g/mol. The summed E-state index contributed by atoms with van der Waals surface area (Å²) in [5.41, 5.74) is 3.32. The number of benzene rings is 2. The first-order chi connectivity index (χ1) is 17.0. The first-order valence-corrected chi connectivity index (χ1v) is 12.1. The predicted molar refractivity (Wildman–Crippen MR) is 138 cm³/mol. The molecule has 1 fully saturated rings. The van der Waals surface area contributed by atoms with E-state index in [1.165, 1.54) is 19.3 Å². The number of nitrogens with zero attached hydrogens (tertiary/aromatic N) is 2. The van der Waals surface area contributed by atoms with Crippen molar-refractivity contribution in [2.75, 3.05) is 45.7 Å². The first-order valence-electron chi connectivity index (χ1n) is 12.1. The van der Waals surface area contributed by atoms with Crippen LogP contribution in [0.3, 0.4) is 0 Å². The van der Waals surface area contributed by atoms with Crippen LogP contribution < -0.4 is 24.8 Å². The number of ether oxygens (including phenoxy) is 3. The van der Waals surface area contributed by atoms with E-state index in [2.05, 4.69) is 20.5 Å². The maximum atomic E-state index is 12.5. The molecule has 0 spiro atoms. The minimum absolute atomic E-state index is 0.195. The van der Waals surface area contributed by atoms with Gasteiger partial charge in [-0.3, -0.25) is 4.98 Å². The van der Waals surface area contributed by atoms with Crippen LogP contribution in [-0.2, 0) is 0 Å². The molecule has 2 aromatic carbocycles. The van der Waals surface area contributed by atoms with Gasteiger partial charge in [-0.2, -0.15) is 0 Å². The number of nitrogens with one attached hydrogen (secondary N) is 2. The average Bonchev–Trinajstić information content (AvgIpc) is 2.87. The zero-order valence-corrected chi connectivity index (χ0v) is 20.9. The van der Waals surface area contributed by atoms with Crippen LogP contribution in [0.1, 0.15) is 30.4 Å². The number of carbonyl (C=O) groups is 1. The summed E-state index contributed by atoms with van der Waals surface area (Å²) in [5.74, 6) is 2.59. The normalized spacial score (nSPS) is 13.9. The summed E-state index contributed by atoms with van der Waals surface area (Å²) in [6.07, 6.45) is 5.51. The average molecular weight is 479 g/mol. The van der Waals surface area contributed by atoms with Gasteiger partial charge in [0.2, 0.25) is 0 Å². The van der Waals surface area contributed by atoms with Crippen LogP contribution in [-0.4, -0.2) is 56.3 Å². The molecule has 0 atom stereocenters. The standard InChI is InChI=1S/C27H34N4O4/c1-18-15-24(35-23-8-9-28-22-17-26(34-4)25(33-3)16-20(22)23)19(2)14-21(18)30-27(32)29-10-13-31-11-6-5-7-12-31/h8-9,14-17H,5-7,10-13H2,1-4H3,(H2,29,30,32). The van der Waals surface area contributed by atoms with Crippen molar-refractivity contribution >= 4 is 22.6 Å². The number of hydrogen-bond acceptors (Lipinski definition) is 6. The Morgan fingerprint density at radius 1 is 0.943 bits per heavy atom. The van der Waals surface area contributed by atoms with Gasteiger partial charge in [0.05, 0.1) is 19.7 Å². The molecule has 35 heavy (non-hydrogen) atoms. The van der Waals surface area contributed by atoms with Gasteiger partial charge >= 0.3 is 6.03 Å². The lowest BCUT2D eigenvalue weighted by molar-refractivity contribution is 0.224. The molecule has 186 valence electrons. The van der Waals surface area contributed by atoms with Gasteiger partial charge in [0.15, 0.2) is 11.5 Å². The maximum absolute atomic E-state index is 12.5. The first kappa shape index (κ1) is 24.6. The molecular formula is C27H34N4O4. The molecule has 0 unspecified atom stereocenters. The number of pyridine rings is 1. The molecule has 0 radical (unpaired) electrons. The maximum Gasteiger partial charge on any atom is 0.319 e. The molecule has 1 aromatic heterocycles. The molecule has 4 rings (SSSR count). The summed E-state index contributed by atoms with van der Waals surface area (Å²) in [6.45, 7) is 7.67. The van der Waals surface area contributed by atoms with E-state index in [-0.39, 0.29) is 6.03 Å². The highest BCUT2D eigenvalue weighted by Gasteiger charge is 2.14. The molecular weight excluding hydrogens is 444 g/mol. The van der Waals surface area contributed by atoms with E-state index in [1.807, 2.05) is 44.2 Å². The molecule has 2 amide bonds. The van der Waals surface area contributed by atoms with E-state index in [0.717, 1.165) is 47.4 Å². The molecule has 8 heteroatoms. The van der Waals surface area contributed by atoms with Crippen LogP contribution in [0.15, 0.2) is 36.5 Å². The molecule has 1 aliphatic rings. The Morgan fingerprint density at radius 3 is 2.43 bits per heavy atom. The van der Waals surface area contributed by atoms with E-state index in [9.17, 15) is 4.79 Å². The van der Waals surface area contributed by atoms with Crippen LogP contribution >= 0.6 is 0 Å². The van der Waals surface area contributed by atoms with Crippen molar-refractivity contribution in [1.29, 1.82) is 0 Å². The molecule has 1 saturated heterocycles. The van der Waals surface area contributed by atoms with Crippen LogP contribution in [0.5, 0.6) is 23.0 Å². The summed E-state index contributed by atoms with van der Waals surface area (Å²) < 4.78 is 17.1. The smallest absolute Gasteiger partial charge is 0.319 e. The lowest BCUT2D eigenvalue weighted by Crippen LogP contribution is -2.39. The van der Waals surface area contributed by atoms with Gasteiger partial charge in [-0.15, -0.1) is 0 Å². The molecule has 1 aliphatic heterocycles. The number of urea groups is 1. The summed E-state index contributed by atoms with van der Waals surface area (Å²) in [7, 11) is 3.20. The third kappa shape index (κ3) is 5.95. The molecule has 2 heterocycles. The second kappa shape index (κ2) is 11.3. The Labute approximate surface area is 206 Å². The highest BCUT2D eigenvalue weighted by Crippen LogP contribution is 2.38. The van der Waals surface area contributed by atoms with E-state index in [0.29, 0.717) is 29.5 Å². The molecule has 0 aliphatic carbocycles. The second-order valence-corrected chi connectivity index (χ2v) is 8.85. The Morgan fingerprint density at radius 2 is 1.69 bits per heavy atom. The highest BCUT2D eigenvalue weighted by atomic mass is 16.5. The fourth-order valence-corrected chi connectivity index (χ4v) is 4.37. The minimum Gasteiger partial charge on any atom is -0.493 e. The summed E-state index contributed by atoms with van der Waals surface area (Å²) in [6, 6.07) is 9.19. The number of amides is 2. The van der Waals surface area contributed by atoms with Gasteiger partial charge in [0, 0.05) is 36.4 Å². The fourth-order valence-electron chi connectivity index (χ4n) is 4.37. The van der Waals surface area contributed by atoms with E-state index in [1.54, 1.807) is 20.4 Å². The number of methoxy groups -OCH3 is 2. The summed E-state index contributed by atoms with van der Waals surface area (Å²) in [4.78, 5) is 19.3. The minimum atomic E-state index is -0.195. The number of likely N-dealkylation sites (tertiary alicyclic amines) is 1.